The lowest BCUT2D eigenvalue weighted by Crippen LogP contribution is -2.19. The van der Waals surface area contributed by atoms with Crippen LogP contribution < -0.4 is 5.56 Å². The van der Waals surface area contributed by atoms with Gasteiger partial charge in [-0.15, -0.1) is 0 Å². The molecular formula is C14H13N3O7. The summed E-state index contributed by atoms with van der Waals surface area (Å²) in [6, 6.07) is 0. The third-order valence-corrected chi connectivity index (χ3v) is 3.56. The van der Waals surface area contributed by atoms with Crippen LogP contribution in [0.1, 0.15) is 38.9 Å². The van der Waals surface area contributed by atoms with E-state index in [2.05, 4.69) is 5.10 Å². The van der Waals surface area contributed by atoms with Crippen molar-refractivity contribution in [3.63, 3.8) is 0 Å². The van der Waals surface area contributed by atoms with E-state index in [1.165, 1.54) is 13.8 Å². The van der Waals surface area contributed by atoms with Crippen LogP contribution in [0.4, 0.5) is 5.69 Å². The van der Waals surface area contributed by atoms with Gasteiger partial charge in [0.15, 0.2) is 5.69 Å². The summed E-state index contributed by atoms with van der Waals surface area (Å²) in [7, 11) is 0. The molecule has 1 heterocycles. The monoisotopic (exact) mass is 335 g/mol. The van der Waals surface area contributed by atoms with Gasteiger partial charge in [0, 0.05) is 5.56 Å². The summed E-state index contributed by atoms with van der Waals surface area (Å²) in [5, 5.41) is 25.4. The molecule has 2 N–H and O–H groups in total. The first kappa shape index (κ1) is 17.1. The van der Waals surface area contributed by atoms with Crippen molar-refractivity contribution in [2.24, 2.45) is 0 Å². The van der Waals surface area contributed by atoms with Crippen molar-refractivity contribution in [3.05, 3.63) is 42.9 Å². The van der Waals surface area contributed by atoms with Gasteiger partial charge in [0.25, 0.3) is 11.2 Å². The minimum Gasteiger partial charge on any atom is -0.476 e. The molecule has 0 aliphatic rings. The number of benzene rings is 1. The number of nitro benzene ring substituents is 1. The number of aromatic amines is 1. The molecule has 0 spiro atoms. The van der Waals surface area contributed by atoms with E-state index in [4.69, 9.17) is 4.74 Å². The summed E-state index contributed by atoms with van der Waals surface area (Å²) in [6.07, 6.45) is 0. The lowest BCUT2D eigenvalue weighted by molar-refractivity contribution is -0.383. The van der Waals surface area contributed by atoms with Crippen LogP contribution in [0, 0.1) is 24.0 Å². The number of aromatic nitrogens is 2. The zero-order valence-electron chi connectivity index (χ0n) is 13.0. The summed E-state index contributed by atoms with van der Waals surface area (Å²) in [6.45, 7) is 4.30. The third-order valence-electron chi connectivity index (χ3n) is 3.56. The number of carbonyl (C=O) groups excluding carboxylic acids is 1. The van der Waals surface area contributed by atoms with Gasteiger partial charge in [-0.25, -0.2) is 14.7 Å². The fourth-order valence-corrected chi connectivity index (χ4v) is 2.64. The van der Waals surface area contributed by atoms with Crippen molar-refractivity contribution in [3.8, 4) is 0 Å². The molecule has 0 saturated heterocycles. The molecule has 10 nitrogen and oxygen atoms in total. The first-order valence-corrected chi connectivity index (χ1v) is 6.82. The number of aryl methyl sites for hydroxylation is 1. The Hall–Kier alpha value is -3.30. The number of carbonyl (C=O) groups is 2. The smallest absolute Gasteiger partial charge is 0.357 e. The van der Waals surface area contributed by atoms with Crippen molar-refractivity contribution in [1.82, 2.24) is 10.2 Å². The van der Waals surface area contributed by atoms with E-state index in [-0.39, 0.29) is 28.7 Å². The van der Waals surface area contributed by atoms with E-state index in [9.17, 15) is 29.6 Å². The summed E-state index contributed by atoms with van der Waals surface area (Å²) < 4.78 is 4.89. The Kier molecular flexibility index (Phi) is 4.31. The SMILES string of the molecule is CCOC(=O)c1c(C)c([N+](=O)[O-])c2c(C(=O)O)n[nH]c(=O)c2c1C. The van der Waals surface area contributed by atoms with Gasteiger partial charge in [0.05, 0.1) is 22.5 Å². The van der Waals surface area contributed by atoms with Crippen LogP contribution in [0.15, 0.2) is 4.79 Å². The van der Waals surface area contributed by atoms with Crippen LogP contribution in [-0.4, -0.2) is 38.8 Å². The largest absolute Gasteiger partial charge is 0.476 e. The summed E-state index contributed by atoms with van der Waals surface area (Å²) in [5.74, 6) is -2.37. The highest BCUT2D eigenvalue weighted by atomic mass is 16.6. The van der Waals surface area contributed by atoms with Gasteiger partial charge in [0.2, 0.25) is 0 Å². The minimum atomic E-state index is -1.54. The third kappa shape index (κ3) is 2.47. The Bertz CT molecular complexity index is 946. The quantitative estimate of drug-likeness (QED) is 0.482. The molecule has 1 aromatic carbocycles. The Labute approximate surface area is 134 Å². The molecule has 0 atom stereocenters. The number of hydrogen-bond acceptors (Lipinski definition) is 7. The van der Waals surface area contributed by atoms with E-state index in [0.29, 0.717) is 0 Å². The van der Waals surface area contributed by atoms with Gasteiger partial charge in [-0.3, -0.25) is 14.9 Å². The van der Waals surface area contributed by atoms with E-state index in [1.807, 2.05) is 5.10 Å². The number of nitrogens with zero attached hydrogens (tertiary/aromatic N) is 2. The van der Waals surface area contributed by atoms with Crippen molar-refractivity contribution >= 4 is 28.4 Å². The van der Waals surface area contributed by atoms with E-state index in [1.54, 1.807) is 6.92 Å². The number of nitrogens with one attached hydrogen (secondary N) is 1. The number of carboxylic acid groups (broad SMARTS) is 1. The Balaban J connectivity index is 3.15. The maximum atomic E-state index is 12.1. The van der Waals surface area contributed by atoms with Gasteiger partial charge in [-0.1, -0.05) is 0 Å². The first-order chi connectivity index (χ1) is 11.2. The van der Waals surface area contributed by atoms with Gasteiger partial charge in [-0.2, -0.15) is 5.10 Å². The van der Waals surface area contributed by atoms with Crippen LogP contribution in [-0.2, 0) is 4.74 Å². The Morgan fingerprint density at radius 2 is 1.92 bits per heavy atom. The second-order valence-electron chi connectivity index (χ2n) is 4.91. The molecule has 2 rings (SSSR count). The maximum absolute atomic E-state index is 12.1. The number of nitro groups is 1. The summed E-state index contributed by atoms with van der Waals surface area (Å²) in [5.41, 5.74) is -2.28. The van der Waals surface area contributed by atoms with Gasteiger partial charge in [0.1, 0.15) is 5.39 Å². The van der Waals surface area contributed by atoms with Crippen LogP contribution in [0.5, 0.6) is 0 Å². The normalized spacial score (nSPS) is 10.6. The average molecular weight is 335 g/mol. The molecule has 0 aliphatic heterocycles. The number of hydrogen-bond donors (Lipinski definition) is 2. The van der Waals surface area contributed by atoms with Crippen LogP contribution >= 0.6 is 0 Å². The number of fused-ring (bicyclic) bond motifs is 1. The number of carboxylic acids is 1. The summed E-state index contributed by atoms with van der Waals surface area (Å²) in [4.78, 5) is 46.2. The second-order valence-corrected chi connectivity index (χ2v) is 4.91. The molecule has 24 heavy (non-hydrogen) atoms. The topological polar surface area (TPSA) is 152 Å². The van der Waals surface area contributed by atoms with Gasteiger partial charge >= 0.3 is 11.9 Å². The van der Waals surface area contributed by atoms with Crippen molar-refractivity contribution < 1.29 is 24.4 Å². The van der Waals surface area contributed by atoms with Gasteiger partial charge < -0.3 is 9.84 Å². The first-order valence-electron chi connectivity index (χ1n) is 6.82. The van der Waals surface area contributed by atoms with Crippen molar-refractivity contribution in [1.29, 1.82) is 0 Å². The predicted molar refractivity (Wildman–Crippen MR) is 81.4 cm³/mol. The Morgan fingerprint density at radius 3 is 2.42 bits per heavy atom. The number of ether oxygens (including phenoxy) is 1. The highest BCUT2D eigenvalue weighted by Crippen LogP contribution is 2.35. The van der Waals surface area contributed by atoms with E-state index < -0.39 is 39.2 Å². The average Bonchev–Trinajstić information content (AvgIpc) is 2.46. The second kappa shape index (κ2) is 6.07. The molecule has 10 heteroatoms. The molecule has 0 amide bonds. The molecular weight excluding hydrogens is 322 g/mol. The molecule has 0 fully saturated rings. The molecule has 2 aromatic rings. The molecule has 126 valence electrons. The standard InChI is InChI=1S/C14H13N3O7/c1-4-24-14(21)7-5(2)8-9(11(6(7)3)17(22)23)10(13(19)20)15-16-12(8)18/h4H2,1-3H3,(H,16,18)(H,19,20). The predicted octanol–water partition coefficient (Wildman–Crippen LogP) is 1.32. The van der Waals surface area contributed by atoms with E-state index >= 15 is 0 Å². The fraction of sp³-hybridized carbons (Fsp3) is 0.286. The highest BCUT2D eigenvalue weighted by Gasteiger charge is 2.31. The maximum Gasteiger partial charge on any atom is 0.357 e. The highest BCUT2D eigenvalue weighted by molar-refractivity contribution is 6.11. The lowest BCUT2D eigenvalue weighted by Gasteiger charge is -2.13. The van der Waals surface area contributed by atoms with Crippen LogP contribution in [0.25, 0.3) is 10.8 Å². The van der Waals surface area contributed by atoms with Crippen LogP contribution in [0.2, 0.25) is 0 Å². The molecule has 0 unspecified atom stereocenters. The van der Waals surface area contributed by atoms with Crippen LogP contribution in [0.3, 0.4) is 0 Å². The number of H-pyrrole nitrogens is 1. The van der Waals surface area contributed by atoms with Crippen molar-refractivity contribution in [2.75, 3.05) is 6.61 Å². The molecule has 0 aliphatic carbocycles. The lowest BCUT2D eigenvalue weighted by atomic mass is 9.93. The molecule has 0 saturated carbocycles. The number of aromatic carboxylic acids is 1. The van der Waals surface area contributed by atoms with Crippen molar-refractivity contribution in [2.45, 2.75) is 20.8 Å². The Morgan fingerprint density at radius 1 is 1.29 bits per heavy atom. The molecule has 1 aromatic heterocycles. The van der Waals surface area contributed by atoms with Gasteiger partial charge in [-0.05, 0) is 26.3 Å². The number of esters is 1. The molecule has 0 bridgehead atoms. The minimum absolute atomic E-state index is 0.0383. The summed E-state index contributed by atoms with van der Waals surface area (Å²) >= 11 is 0. The molecule has 0 radical (unpaired) electrons. The number of rotatable bonds is 4. The van der Waals surface area contributed by atoms with E-state index in [0.717, 1.165) is 0 Å². The zero-order chi connectivity index (χ0) is 18.2. The zero-order valence-corrected chi connectivity index (χ0v) is 13.0. The fourth-order valence-electron chi connectivity index (χ4n) is 2.64.